The van der Waals surface area contributed by atoms with Gasteiger partial charge in [-0.05, 0) is 51.0 Å². The minimum absolute atomic E-state index is 0.267. The molecule has 28 heavy (non-hydrogen) atoms. The van der Waals surface area contributed by atoms with Crippen molar-refractivity contribution in [1.29, 1.82) is 0 Å². The van der Waals surface area contributed by atoms with Crippen LogP contribution in [0.2, 0.25) is 0 Å². The van der Waals surface area contributed by atoms with Crippen LogP contribution in [-0.2, 0) is 20.0 Å². The van der Waals surface area contributed by atoms with E-state index < -0.39 is 20.0 Å². The predicted octanol–water partition coefficient (Wildman–Crippen LogP) is 3.12. The fourth-order valence-corrected chi connectivity index (χ4v) is 4.77. The van der Waals surface area contributed by atoms with Crippen LogP contribution < -0.4 is 9.44 Å². The summed E-state index contributed by atoms with van der Waals surface area (Å²) < 4.78 is 53.8. The van der Waals surface area contributed by atoms with Crippen LogP contribution in [-0.4, -0.2) is 29.9 Å². The van der Waals surface area contributed by atoms with E-state index in [-0.39, 0.29) is 9.79 Å². The standard InChI is InChI=1S/C20H28N2O4S2/c1-17-7-11-19(12-8-17)27(23,24)21-15-5-3-4-6-16-22-28(25,26)20-13-9-18(2)10-14-20/h7-14,21-22H,3-6,15-16H2,1-2H3. The first-order valence-corrected chi connectivity index (χ1v) is 12.3. The Morgan fingerprint density at radius 2 is 0.893 bits per heavy atom. The van der Waals surface area contributed by atoms with Gasteiger partial charge in [0.05, 0.1) is 9.79 Å². The third-order valence-electron chi connectivity index (χ3n) is 4.35. The highest BCUT2D eigenvalue weighted by Gasteiger charge is 2.13. The zero-order valence-corrected chi connectivity index (χ0v) is 17.9. The summed E-state index contributed by atoms with van der Waals surface area (Å²) in [5.74, 6) is 0. The maximum Gasteiger partial charge on any atom is 0.240 e. The van der Waals surface area contributed by atoms with E-state index in [9.17, 15) is 16.8 Å². The quantitative estimate of drug-likeness (QED) is 0.542. The molecule has 2 aromatic carbocycles. The van der Waals surface area contributed by atoms with E-state index >= 15 is 0 Å². The van der Waals surface area contributed by atoms with E-state index in [4.69, 9.17) is 0 Å². The van der Waals surface area contributed by atoms with Crippen LogP contribution in [0.1, 0.15) is 36.8 Å². The molecule has 0 spiro atoms. The fourth-order valence-electron chi connectivity index (χ4n) is 2.62. The van der Waals surface area contributed by atoms with Crippen molar-refractivity contribution in [1.82, 2.24) is 9.44 Å². The van der Waals surface area contributed by atoms with Crippen molar-refractivity contribution in [2.75, 3.05) is 13.1 Å². The van der Waals surface area contributed by atoms with E-state index in [0.717, 1.165) is 24.0 Å². The molecular formula is C20H28N2O4S2. The maximum absolute atomic E-state index is 12.2. The van der Waals surface area contributed by atoms with Gasteiger partial charge in [0.1, 0.15) is 0 Å². The van der Waals surface area contributed by atoms with Crippen LogP contribution >= 0.6 is 0 Å². The molecule has 0 bridgehead atoms. The van der Waals surface area contributed by atoms with Crippen LogP contribution in [0.25, 0.3) is 0 Å². The zero-order valence-electron chi connectivity index (χ0n) is 16.3. The van der Waals surface area contributed by atoms with Crippen molar-refractivity contribution < 1.29 is 16.8 Å². The summed E-state index contributed by atoms with van der Waals surface area (Å²) in [7, 11) is -6.94. The van der Waals surface area contributed by atoms with Crippen molar-refractivity contribution in [2.45, 2.75) is 49.3 Å². The summed E-state index contributed by atoms with van der Waals surface area (Å²) in [6, 6.07) is 13.5. The predicted molar refractivity (Wildman–Crippen MR) is 111 cm³/mol. The molecule has 0 radical (unpaired) electrons. The first kappa shape index (κ1) is 22.5. The molecule has 154 valence electrons. The lowest BCUT2D eigenvalue weighted by Gasteiger charge is -2.08. The average molecular weight is 425 g/mol. The van der Waals surface area contributed by atoms with Gasteiger partial charge in [-0.1, -0.05) is 48.2 Å². The minimum atomic E-state index is -3.47. The molecule has 0 heterocycles. The van der Waals surface area contributed by atoms with E-state index in [1.165, 1.54) is 0 Å². The van der Waals surface area contributed by atoms with Gasteiger partial charge in [0, 0.05) is 13.1 Å². The zero-order chi connectivity index (χ0) is 20.6. The highest BCUT2D eigenvalue weighted by Crippen LogP contribution is 2.11. The summed E-state index contributed by atoms with van der Waals surface area (Å²) >= 11 is 0. The fraction of sp³-hybridized carbons (Fsp3) is 0.400. The number of sulfonamides is 2. The molecule has 0 aliphatic rings. The van der Waals surface area contributed by atoms with E-state index in [2.05, 4.69) is 9.44 Å². The number of hydrogen-bond acceptors (Lipinski definition) is 4. The van der Waals surface area contributed by atoms with E-state index in [0.29, 0.717) is 25.9 Å². The molecule has 0 aromatic heterocycles. The van der Waals surface area contributed by atoms with Gasteiger partial charge in [-0.3, -0.25) is 0 Å². The van der Waals surface area contributed by atoms with Gasteiger partial charge in [0.2, 0.25) is 20.0 Å². The Balaban J connectivity index is 1.63. The van der Waals surface area contributed by atoms with Crippen LogP contribution in [0.15, 0.2) is 58.3 Å². The molecule has 2 aromatic rings. The molecule has 6 nitrogen and oxygen atoms in total. The summed E-state index contributed by atoms with van der Waals surface area (Å²) in [4.78, 5) is 0.534. The third kappa shape index (κ3) is 7.01. The van der Waals surface area contributed by atoms with Crippen LogP contribution in [0.5, 0.6) is 0 Å². The maximum atomic E-state index is 12.2. The largest absolute Gasteiger partial charge is 0.240 e. The molecule has 0 saturated heterocycles. The van der Waals surface area contributed by atoms with Gasteiger partial charge in [-0.25, -0.2) is 26.3 Å². The van der Waals surface area contributed by atoms with Gasteiger partial charge in [-0.2, -0.15) is 0 Å². The van der Waals surface area contributed by atoms with Gasteiger partial charge in [-0.15, -0.1) is 0 Å². The normalized spacial score (nSPS) is 12.2. The van der Waals surface area contributed by atoms with Gasteiger partial charge >= 0.3 is 0 Å². The van der Waals surface area contributed by atoms with Crippen molar-refractivity contribution in [3.05, 3.63) is 59.7 Å². The third-order valence-corrected chi connectivity index (χ3v) is 7.30. The summed E-state index contributed by atoms with van der Waals surface area (Å²) in [5, 5.41) is 0. The Hall–Kier alpha value is -1.74. The lowest BCUT2D eigenvalue weighted by molar-refractivity contribution is 0.562. The highest BCUT2D eigenvalue weighted by molar-refractivity contribution is 7.89. The monoisotopic (exact) mass is 424 g/mol. The smallest absolute Gasteiger partial charge is 0.211 e. The lowest BCUT2D eigenvalue weighted by atomic mass is 10.2. The lowest BCUT2D eigenvalue weighted by Crippen LogP contribution is -2.25. The molecule has 0 atom stereocenters. The van der Waals surface area contributed by atoms with Crippen molar-refractivity contribution >= 4 is 20.0 Å². The second kappa shape index (κ2) is 10.2. The summed E-state index contributed by atoms with van der Waals surface area (Å²) in [6.45, 7) is 4.55. The second-order valence-corrected chi connectivity index (χ2v) is 10.4. The van der Waals surface area contributed by atoms with Gasteiger partial charge in [0.25, 0.3) is 0 Å². The number of rotatable bonds is 11. The van der Waals surface area contributed by atoms with E-state index in [1.54, 1.807) is 48.5 Å². The molecule has 0 fully saturated rings. The molecular weight excluding hydrogens is 396 g/mol. The number of benzene rings is 2. The van der Waals surface area contributed by atoms with Crippen molar-refractivity contribution in [3.63, 3.8) is 0 Å². The van der Waals surface area contributed by atoms with Crippen LogP contribution in [0, 0.1) is 13.8 Å². The Bertz CT molecular complexity index is 871. The molecule has 2 rings (SSSR count). The summed E-state index contributed by atoms with van der Waals surface area (Å²) in [6.07, 6.45) is 3.05. The Labute approximate surface area is 168 Å². The Kier molecular flexibility index (Phi) is 8.18. The number of nitrogens with one attached hydrogen (secondary N) is 2. The minimum Gasteiger partial charge on any atom is -0.211 e. The molecule has 8 heteroatoms. The highest BCUT2D eigenvalue weighted by atomic mass is 32.2. The molecule has 0 saturated carbocycles. The second-order valence-electron chi connectivity index (χ2n) is 6.84. The van der Waals surface area contributed by atoms with Gasteiger partial charge in [0.15, 0.2) is 0 Å². The molecule has 0 unspecified atom stereocenters. The number of hydrogen-bond donors (Lipinski definition) is 2. The Morgan fingerprint density at radius 3 is 1.21 bits per heavy atom. The average Bonchev–Trinajstić information content (AvgIpc) is 2.64. The van der Waals surface area contributed by atoms with E-state index in [1.807, 2.05) is 13.8 Å². The van der Waals surface area contributed by atoms with Crippen LogP contribution in [0.3, 0.4) is 0 Å². The first-order chi connectivity index (χ1) is 13.2. The molecule has 0 aliphatic carbocycles. The van der Waals surface area contributed by atoms with Crippen molar-refractivity contribution in [3.8, 4) is 0 Å². The molecule has 2 N–H and O–H groups in total. The van der Waals surface area contributed by atoms with Crippen LogP contribution in [0.4, 0.5) is 0 Å². The van der Waals surface area contributed by atoms with Gasteiger partial charge < -0.3 is 0 Å². The first-order valence-electron chi connectivity index (χ1n) is 9.33. The SMILES string of the molecule is Cc1ccc(S(=O)(=O)NCCCCCCNS(=O)(=O)c2ccc(C)cc2)cc1. The number of aryl methyl sites for hydroxylation is 2. The Morgan fingerprint density at radius 1 is 0.571 bits per heavy atom. The van der Waals surface area contributed by atoms with Crippen molar-refractivity contribution in [2.24, 2.45) is 0 Å². The summed E-state index contributed by atoms with van der Waals surface area (Å²) in [5.41, 5.74) is 2.02. The molecule has 0 amide bonds. The number of unbranched alkanes of at least 4 members (excludes halogenated alkanes) is 3. The topological polar surface area (TPSA) is 92.3 Å². The molecule has 0 aliphatic heterocycles.